The molecule has 0 saturated carbocycles. The van der Waals surface area contributed by atoms with Gasteiger partial charge in [-0.3, -0.25) is 4.57 Å². The zero-order valence-corrected chi connectivity index (χ0v) is 28.2. The Kier molecular flexibility index (Phi) is 7.04. The van der Waals surface area contributed by atoms with Gasteiger partial charge in [0.2, 0.25) is 0 Å². The quantitative estimate of drug-likeness (QED) is 0.183. The Morgan fingerprint density at radius 2 is 1.52 bits per heavy atom. The van der Waals surface area contributed by atoms with Gasteiger partial charge in [-0.1, -0.05) is 109 Å². The van der Waals surface area contributed by atoms with Gasteiger partial charge in [-0.2, -0.15) is 0 Å². The molecule has 1 unspecified atom stereocenters. The average molecular weight is 646 g/mol. The van der Waals surface area contributed by atoms with Gasteiger partial charge in [0, 0.05) is 39.3 Å². The third kappa shape index (κ3) is 4.75. The van der Waals surface area contributed by atoms with Crippen molar-refractivity contribution in [3.05, 3.63) is 173 Å². The molecule has 0 bridgehead atoms. The van der Waals surface area contributed by atoms with Gasteiger partial charge in [-0.05, 0) is 109 Å². The lowest BCUT2D eigenvalue weighted by Crippen LogP contribution is -2.09. The molecule has 3 aromatic carbocycles. The zero-order chi connectivity index (χ0) is 33.0. The Bertz CT molecular complexity index is 2510. The van der Waals surface area contributed by atoms with Gasteiger partial charge >= 0.3 is 0 Å². The van der Waals surface area contributed by atoms with E-state index in [4.69, 9.17) is 4.98 Å². The summed E-state index contributed by atoms with van der Waals surface area (Å²) in [7, 11) is 0. The van der Waals surface area contributed by atoms with Crippen LogP contribution in [0.1, 0.15) is 71.8 Å². The third-order valence-electron chi connectivity index (χ3n) is 11.0. The molecule has 0 amide bonds. The SMILES string of the molecule is C1=CCCC(n2c3c(c4c2CCC=C4c2ccc4c5ccccc5n(-c5cc(-c6ccccc6)cc(C6C=CC=CC6)n5)c4c2)CCC=C3)=C1. The van der Waals surface area contributed by atoms with E-state index in [0.29, 0.717) is 0 Å². The van der Waals surface area contributed by atoms with Crippen LogP contribution in [0.15, 0.2) is 140 Å². The van der Waals surface area contributed by atoms with Crippen molar-refractivity contribution in [2.75, 3.05) is 0 Å². The molecule has 0 aliphatic heterocycles. The van der Waals surface area contributed by atoms with Gasteiger partial charge in [0.25, 0.3) is 0 Å². The first-order valence-electron chi connectivity index (χ1n) is 18.3. The minimum Gasteiger partial charge on any atom is -0.317 e. The van der Waals surface area contributed by atoms with Crippen molar-refractivity contribution in [3.8, 4) is 16.9 Å². The highest BCUT2D eigenvalue weighted by Gasteiger charge is 2.29. The van der Waals surface area contributed by atoms with Crippen molar-refractivity contribution in [2.24, 2.45) is 0 Å². The van der Waals surface area contributed by atoms with Crippen LogP contribution in [-0.2, 0) is 12.8 Å². The first-order valence-corrected chi connectivity index (χ1v) is 18.3. The molecule has 3 heterocycles. The van der Waals surface area contributed by atoms with E-state index in [1.165, 1.54) is 72.3 Å². The van der Waals surface area contributed by atoms with E-state index in [1.54, 1.807) is 0 Å². The first kappa shape index (κ1) is 29.3. The molecule has 6 aromatic rings. The molecule has 0 fully saturated rings. The highest BCUT2D eigenvalue weighted by atomic mass is 15.1. The fourth-order valence-corrected chi connectivity index (χ4v) is 8.75. The smallest absolute Gasteiger partial charge is 0.138 e. The second-order valence-corrected chi connectivity index (χ2v) is 14.0. The van der Waals surface area contributed by atoms with Crippen molar-refractivity contribution in [3.63, 3.8) is 0 Å². The summed E-state index contributed by atoms with van der Waals surface area (Å²) in [5.74, 6) is 1.22. The summed E-state index contributed by atoms with van der Waals surface area (Å²) in [6, 6.07) is 31.3. The predicted molar refractivity (Wildman–Crippen MR) is 209 cm³/mol. The maximum absolute atomic E-state index is 5.46. The second kappa shape index (κ2) is 12.0. The molecule has 0 spiro atoms. The number of benzene rings is 3. The highest BCUT2D eigenvalue weighted by Crippen LogP contribution is 2.44. The summed E-state index contributed by atoms with van der Waals surface area (Å²) < 4.78 is 5.03. The van der Waals surface area contributed by atoms with Crippen molar-refractivity contribution in [1.82, 2.24) is 14.1 Å². The number of allylic oxidation sites excluding steroid dienone is 10. The monoisotopic (exact) mass is 645 g/mol. The maximum Gasteiger partial charge on any atom is 0.138 e. The third-order valence-corrected chi connectivity index (χ3v) is 11.0. The predicted octanol–water partition coefficient (Wildman–Crippen LogP) is 11.8. The van der Waals surface area contributed by atoms with E-state index >= 15 is 0 Å². The Balaban J connectivity index is 1.19. The van der Waals surface area contributed by atoms with Crippen molar-refractivity contribution < 1.29 is 0 Å². The standard InChI is InChI=1S/C47H39N3/c1-4-15-32(16-5-1)35-29-41(33-17-6-2-7-18-33)48-46(31-35)50-42-24-12-10-21-38(42)39-28-27-34(30-45(39)50)37-23-14-26-44-47(37)40-22-11-13-25-43(40)49(44)36-19-8-3-9-20-36/h1-8,10,12-13,15-17,19,21,23-25,27-31,33H,9,11,14,18,20,22,26H2. The first-order chi connectivity index (χ1) is 24.8. The van der Waals surface area contributed by atoms with Crippen LogP contribution in [0.2, 0.25) is 0 Å². The molecule has 3 heteroatoms. The van der Waals surface area contributed by atoms with Gasteiger partial charge < -0.3 is 4.57 Å². The lowest BCUT2D eigenvalue weighted by atomic mass is 9.86. The molecule has 3 aromatic heterocycles. The Morgan fingerprint density at radius 1 is 0.640 bits per heavy atom. The van der Waals surface area contributed by atoms with Crippen LogP contribution >= 0.6 is 0 Å². The van der Waals surface area contributed by atoms with E-state index in [-0.39, 0.29) is 5.92 Å². The van der Waals surface area contributed by atoms with Crippen LogP contribution in [0, 0.1) is 0 Å². The second-order valence-electron chi connectivity index (χ2n) is 14.0. The maximum atomic E-state index is 5.46. The molecule has 3 nitrogen and oxygen atoms in total. The molecule has 1 atom stereocenters. The molecule has 242 valence electrons. The molecule has 50 heavy (non-hydrogen) atoms. The zero-order valence-electron chi connectivity index (χ0n) is 28.2. The lowest BCUT2D eigenvalue weighted by Gasteiger charge is -2.21. The summed E-state index contributed by atoms with van der Waals surface area (Å²) in [6.07, 6.45) is 30.4. The highest BCUT2D eigenvalue weighted by molar-refractivity contribution is 6.10. The summed E-state index contributed by atoms with van der Waals surface area (Å²) in [6.45, 7) is 0. The van der Waals surface area contributed by atoms with E-state index in [1.807, 2.05) is 0 Å². The minimum absolute atomic E-state index is 0.246. The summed E-state index contributed by atoms with van der Waals surface area (Å²) in [4.78, 5) is 5.46. The van der Waals surface area contributed by atoms with Gasteiger partial charge in [-0.15, -0.1) is 0 Å². The topological polar surface area (TPSA) is 22.8 Å². The van der Waals surface area contributed by atoms with Crippen molar-refractivity contribution >= 4 is 39.2 Å². The summed E-state index contributed by atoms with van der Waals surface area (Å²) in [5, 5.41) is 2.52. The van der Waals surface area contributed by atoms with Gasteiger partial charge in [0.15, 0.2) is 0 Å². The van der Waals surface area contributed by atoms with E-state index in [0.717, 1.165) is 56.5 Å². The summed E-state index contributed by atoms with van der Waals surface area (Å²) >= 11 is 0. The van der Waals surface area contributed by atoms with Crippen molar-refractivity contribution in [2.45, 2.75) is 50.9 Å². The number of nitrogens with zero attached hydrogens (tertiary/aromatic N) is 3. The normalized spacial score (nSPS) is 18.0. The minimum atomic E-state index is 0.246. The Labute approximate surface area is 293 Å². The molecule has 0 saturated heterocycles. The average Bonchev–Trinajstić information content (AvgIpc) is 3.71. The number of hydrogen-bond acceptors (Lipinski definition) is 1. The fraction of sp³-hybridized carbons (Fsp3) is 0.170. The number of fused-ring (bicyclic) bond motifs is 6. The summed E-state index contributed by atoms with van der Waals surface area (Å²) in [5.41, 5.74) is 15.9. The number of hydrogen-bond donors (Lipinski definition) is 0. The van der Waals surface area contributed by atoms with Gasteiger partial charge in [0.1, 0.15) is 5.82 Å². The van der Waals surface area contributed by atoms with Crippen LogP contribution in [0.4, 0.5) is 0 Å². The molecule has 4 aliphatic rings. The molecule has 0 N–H and O–H groups in total. The number of pyridine rings is 1. The van der Waals surface area contributed by atoms with Gasteiger partial charge in [-0.25, -0.2) is 4.98 Å². The van der Waals surface area contributed by atoms with Crippen molar-refractivity contribution in [1.29, 1.82) is 0 Å². The largest absolute Gasteiger partial charge is 0.317 e. The number of rotatable bonds is 5. The molecule has 0 radical (unpaired) electrons. The molecule has 4 aliphatic carbocycles. The van der Waals surface area contributed by atoms with Crippen LogP contribution in [0.5, 0.6) is 0 Å². The van der Waals surface area contributed by atoms with Crippen LogP contribution in [-0.4, -0.2) is 14.1 Å². The van der Waals surface area contributed by atoms with Crippen LogP contribution in [0.3, 0.4) is 0 Å². The number of aromatic nitrogens is 3. The Morgan fingerprint density at radius 3 is 2.40 bits per heavy atom. The van der Waals surface area contributed by atoms with Gasteiger partial charge in [0.05, 0.1) is 16.7 Å². The molecule has 10 rings (SSSR count). The molecular weight excluding hydrogens is 607 g/mol. The molecular formula is C47H39N3. The number of para-hydroxylation sites is 1. The van der Waals surface area contributed by atoms with E-state index < -0.39 is 0 Å². The fourth-order valence-electron chi connectivity index (χ4n) is 8.75. The van der Waals surface area contributed by atoms with Crippen LogP contribution < -0.4 is 0 Å². The van der Waals surface area contributed by atoms with Crippen LogP contribution in [0.25, 0.3) is 56.1 Å². The lowest BCUT2D eigenvalue weighted by molar-refractivity contribution is 0.809. The van der Waals surface area contributed by atoms with E-state index in [2.05, 4.69) is 155 Å². The van der Waals surface area contributed by atoms with E-state index in [9.17, 15) is 0 Å². The Hall–Kier alpha value is -5.67.